The molecule has 0 unspecified atom stereocenters. The van der Waals surface area contributed by atoms with E-state index in [9.17, 15) is 0 Å². The van der Waals surface area contributed by atoms with Gasteiger partial charge in [0.05, 0.1) is 0 Å². The zero-order valence-corrected chi connectivity index (χ0v) is 12.8. The van der Waals surface area contributed by atoms with Crippen LogP contribution in [0.3, 0.4) is 0 Å². The van der Waals surface area contributed by atoms with Gasteiger partial charge in [-0.3, -0.25) is 4.98 Å². The van der Waals surface area contributed by atoms with Gasteiger partial charge >= 0.3 is 0 Å². The van der Waals surface area contributed by atoms with Crippen LogP contribution in [0, 0.1) is 0 Å². The van der Waals surface area contributed by atoms with Crippen LogP contribution >= 0.6 is 0 Å². The molecule has 0 saturated heterocycles. The fraction of sp³-hybridized carbons (Fsp3) is 0.118. The second-order valence-corrected chi connectivity index (χ2v) is 5.26. The Morgan fingerprint density at radius 3 is 2.62 bits per heavy atom. The molecule has 0 atom stereocenters. The van der Waals surface area contributed by atoms with E-state index in [0.29, 0.717) is 29.4 Å². The number of fused-ring (bicyclic) bond motifs is 1. The first-order valence-electron chi connectivity index (χ1n) is 7.68. The van der Waals surface area contributed by atoms with Gasteiger partial charge in [0.2, 0.25) is 5.65 Å². The highest BCUT2D eigenvalue weighted by Gasteiger charge is 2.12. The van der Waals surface area contributed by atoms with E-state index in [2.05, 4.69) is 35.7 Å². The van der Waals surface area contributed by atoms with E-state index in [0.717, 1.165) is 17.7 Å². The van der Waals surface area contributed by atoms with Gasteiger partial charge < -0.3 is 5.32 Å². The Bertz CT molecular complexity index is 935. The molecule has 4 rings (SSSR count). The van der Waals surface area contributed by atoms with Crippen LogP contribution in [0.5, 0.6) is 0 Å². The molecule has 7 heteroatoms. The quantitative estimate of drug-likeness (QED) is 0.587. The Labute approximate surface area is 138 Å². The summed E-state index contributed by atoms with van der Waals surface area (Å²) in [5.41, 5.74) is 3.15. The molecule has 0 spiro atoms. The Morgan fingerprint density at radius 2 is 1.79 bits per heavy atom. The zero-order chi connectivity index (χ0) is 16.2. The number of anilines is 1. The minimum atomic E-state index is 0.546. The highest BCUT2D eigenvalue weighted by Crippen LogP contribution is 2.21. The molecule has 0 bridgehead atoms. The average molecular weight is 317 g/mol. The molecule has 4 aromatic rings. The number of rotatable bonds is 5. The SMILES string of the molecule is c1ccc(-c2nc(NCCc3ccccn3)c3n[nH]nc3n2)cc1. The summed E-state index contributed by atoms with van der Waals surface area (Å²) in [4.78, 5) is 13.4. The lowest BCUT2D eigenvalue weighted by Gasteiger charge is -2.07. The first-order chi connectivity index (χ1) is 11.9. The van der Waals surface area contributed by atoms with E-state index in [4.69, 9.17) is 0 Å². The third kappa shape index (κ3) is 2.91. The normalized spacial score (nSPS) is 10.8. The van der Waals surface area contributed by atoms with Crippen LogP contribution in [0.25, 0.3) is 22.6 Å². The third-order valence-corrected chi connectivity index (χ3v) is 3.62. The van der Waals surface area contributed by atoms with Crippen LogP contribution in [0.15, 0.2) is 54.7 Å². The number of H-pyrrole nitrogens is 1. The molecule has 0 radical (unpaired) electrons. The summed E-state index contributed by atoms with van der Waals surface area (Å²) in [5, 5.41) is 14.2. The third-order valence-electron chi connectivity index (χ3n) is 3.62. The maximum absolute atomic E-state index is 4.61. The fourth-order valence-corrected chi connectivity index (χ4v) is 2.44. The van der Waals surface area contributed by atoms with Crippen molar-refractivity contribution in [3.8, 4) is 11.4 Å². The van der Waals surface area contributed by atoms with E-state index >= 15 is 0 Å². The van der Waals surface area contributed by atoms with Gasteiger partial charge in [0.15, 0.2) is 17.2 Å². The van der Waals surface area contributed by atoms with Gasteiger partial charge in [-0.2, -0.15) is 10.3 Å². The smallest absolute Gasteiger partial charge is 0.207 e. The summed E-state index contributed by atoms with van der Waals surface area (Å²) < 4.78 is 0. The molecule has 0 aliphatic rings. The molecule has 0 aliphatic heterocycles. The standard InChI is InChI=1S/C17H15N7/c1-2-6-12(7-3-1)15-20-16(14-17(21-15)23-24-22-14)19-11-9-13-8-4-5-10-18-13/h1-8,10H,9,11H2,(H2,19,20,21,22,23,24). The zero-order valence-electron chi connectivity index (χ0n) is 12.8. The van der Waals surface area contributed by atoms with Gasteiger partial charge in [-0.25, -0.2) is 9.97 Å². The van der Waals surface area contributed by atoms with E-state index in [1.54, 1.807) is 6.20 Å². The monoisotopic (exact) mass is 317 g/mol. The molecule has 118 valence electrons. The van der Waals surface area contributed by atoms with Crippen molar-refractivity contribution in [3.63, 3.8) is 0 Å². The Balaban J connectivity index is 1.60. The molecular formula is C17H15N7. The summed E-state index contributed by atoms with van der Waals surface area (Å²) in [6.45, 7) is 0.699. The van der Waals surface area contributed by atoms with Crippen LogP contribution in [0.2, 0.25) is 0 Å². The fourth-order valence-electron chi connectivity index (χ4n) is 2.44. The summed E-state index contributed by atoms with van der Waals surface area (Å²) >= 11 is 0. The van der Waals surface area contributed by atoms with Gasteiger partial charge in [0.25, 0.3) is 0 Å². The van der Waals surface area contributed by atoms with Crippen molar-refractivity contribution < 1.29 is 0 Å². The van der Waals surface area contributed by atoms with Gasteiger partial charge in [0.1, 0.15) is 0 Å². The van der Waals surface area contributed by atoms with E-state index in [1.165, 1.54) is 0 Å². The van der Waals surface area contributed by atoms with Crippen molar-refractivity contribution in [1.29, 1.82) is 0 Å². The number of hydrogen-bond donors (Lipinski definition) is 2. The van der Waals surface area contributed by atoms with Crippen molar-refractivity contribution in [1.82, 2.24) is 30.4 Å². The van der Waals surface area contributed by atoms with Crippen molar-refractivity contribution in [3.05, 3.63) is 60.4 Å². The lowest BCUT2D eigenvalue weighted by atomic mass is 10.2. The number of nitrogens with zero attached hydrogens (tertiary/aromatic N) is 5. The van der Waals surface area contributed by atoms with Crippen molar-refractivity contribution in [2.45, 2.75) is 6.42 Å². The Morgan fingerprint density at radius 1 is 0.917 bits per heavy atom. The molecule has 3 aromatic heterocycles. The molecule has 24 heavy (non-hydrogen) atoms. The molecule has 0 fully saturated rings. The minimum absolute atomic E-state index is 0.546. The lowest BCUT2D eigenvalue weighted by Crippen LogP contribution is -2.08. The second kappa shape index (κ2) is 6.41. The molecule has 3 heterocycles. The summed E-state index contributed by atoms with van der Waals surface area (Å²) in [6, 6.07) is 15.7. The topological polar surface area (TPSA) is 92.3 Å². The number of aromatic nitrogens is 6. The number of benzene rings is 1. The van der Waals surface area contributed by atoms with Crippen molar-refractivity contribution >= 4 is 17.0 Å². The van der Waals surface area contributed by atoms with Crippen LogP contribution < -0.4 is 5.32 Å². The van der Waals surface area contributed by atoms with Gasteiger partial charge in [0, 0.05) is 30.4 Å². The van der Waals surface area contributed by atoms with Crippen molar-refractivity contribution in [2.75, 3.05) is 11.9 Å². The van der Waals surface area contributed by atoms with Crippen LogP contribution in [-0.2, 0) is 6.42 Å². The first-order valence-corrected chi connectivity index (χ1v) is 7.68. The van der Waals surface area contributed by atoms with Crippen LogP contribution in [0.4, 0.5) is 5.82 Å². The highest BCUT2D eigenvalue weighted by atomic mass is 15.4. The highest BCUT2D eigenvalue weighted by molar-refractivity contribution is 5.83. The summed E-state index contributed by atoms with van der Waals surface area (Å²) in [7, 11) is 0. The Hall–Kier alpha value is -3.35. The maximum atomic E-state index is 4.61. The summed E-state index contributed by atoms with van der Waals surface area (Å²) in [6.07, 6.45) is 2.59. The molecule has 1 aromatic carbocycles. The number of pyridine rings is 1. The second-order valence-electron chi connectivity index (χ2n) is 5.26. The van der Waals surface area contributed by atoms with E-state index in [1.807, 2.05) is 48.5 Å². The number of hydrogen-bond acceptors (Lipinski definition) is 6. The molecule has 7 nitrogen and oxygen atoms in total. The summed E-state index contributed by atoms with van der Waals surface area (Å²) in [5.74, 6) is 1.29. The van der Waals surface area contributed by atoms with Crippen molar-refractivity contribution in [2.24, 2.45) is 0 Å². The Kier molecular flexibility index (Phi) is 3.81. The van der Waals surface area contributed by atoms with E-state index in [-0.39, 0.29) is 0 Å². The van der Waals surface area contributed by atoms with Gasteiger partial charge in [-0.15, -0.1) is 5.10 Å². The van der Waals surface area contributed by atoms with E-state index < -0.39 is 0 Å². The van der Waals surface area contributed by atoms with Crippen LogP contribution in [0.1, 0.15) is 5.69 Å². The minimum Gasteiger partial charge on any atom is -0.368 e. The maximum Gasteiger partial charge on any atom is 0.207 e. The lowest BCUT2D eigenvalue weighted by molar-refractivity contribution is 0.948. The molecule has 0 saturated carbocycles. The first kappa shape index (κ1) is 14.3. The predicted molar refractivity (Wildman–Crippen MR) is 91.3 cm³/mol. The van der Waals surface area contributed by atoms with Crippen LogP contribution in [-0.4, -0.2) is 36.9 Å². The predicted octanol–water partition coefficient (Wildman–Crippen LogP) is 2.46. The molecule has 0 aliphatic carbocycles. The molecule has 0 amide bonds. The number of aromatic amines is 1. The average Bonchev–Trinajstić information content (AvgIpc) is 3.12. The number of nitrogens with one attached hydrogen (secondary N) is 2. The molecular weight excluding hydrogens is 302 g/mol. The van der Waals surface area contributed by atoms with Gasteiger partial charge in [-0.05, 0) is 12.1 Å². The largest absolute Gasteiger partial charge is 0.368 e. The molecule has 2 N–H and O–H groups in total. The van der Waals surface area contributed by atoms with Gasteiger partial charge in [-0.1, -0.05) is 36.4 Å².